The molecule has 0 spiro atoms. The zero-order valence-corrected chi connectivity index (χ0v) is 18.9. The summed E-state index contributed by atoms with van der Waals surface area (Å²) in [5.74, 6) is 0. The van der Waals surface area contributed by atoms with Crippen LogP contribution in [0.4, 0.5) is 0 Å². The van der Waals surface area contributed by atoms with Crippen LogP contribution in [0.2, 0.25) is 12.1 Å². The SMILES string of the molecule is CCCCCC[Si]1(CCCCCC)c2nc(C)sc2-c2sc(C)nc21. The van der Waals surface area contributed by atoms with E-state index in [1.807, 2.05) is 22.7 Å². The number of fused-ring (bicyclic) bond motifs is 3. The van der Waals surface area contributed by atoms with E-state index in [1.54, 1.807) is 0 Å². The van der Waals surface area contributed by atoms with E-state index in [4.69, 9.17) is 9.97 Å². The summed E-state index contributed by atoms with van der Waals surface area (Å²) in [4.78, 5) is 13.2. The van der Waals surface area contributed by atoms with Crippen LogP contribution < -0.4 is 10.6 Å². The van der Waals surface area contributed by atoms with Gasteiger partial charge in [0.2, 0.25) is 0 Å². The third-order valence-corrected chi connectivity index (χ3v) is 12.9. The molecule has 2 nitrogen and oxygen atoms in total. The molecule has 0 amide bonds. The smallest absolute Gasteiger partial charge is 0.168 e. The molecule has 0 saturated heterocycles. The average molecular weight is 393 g/mol. The predicted octanol–water partition coefficient (Wildman–Crippen LogP) is 5.92. The maximum Gasteiger partial charge on any atom is 0.168 e. The van der Waals surface area contributed by atoms with Crippen LogP contribution in [-0.4, -0.2) is 18.0 Å². The molecular weight excluding hydrogens is 360 g/mol. The fourth-order valence-corrected chi connectivity index (χ4v) is 12.8. The first kappa shape index (κ1) is 19.2. The minimum Gasteiger partial charge on any atom is -0.250 e. The normalized spacial score (nSPS) is 14.7. The van der Waals surface area contributed by atoms with Gasteiger partial charge in [0.25, 0.3) is 0 Å². The Kier molecular flexibility index (Phi) is 6.50. The summed E-state index contributed by atoms with van der Waals surface area (Å²) in [5.41, 5.74) is 0. The van der Waals surface area contributed by atoms with Crippen LogP contribution in [0.15, 0.2) is 0 Å². The van der Waals surface area contributed by atoms with Crippen molar-refractivity contribution >= 4 is 41.4 Å². The van der Waals surface area contributed by atoms with E-state index in [0.717, 1.165) is 0 Å². The van der Waals surface area contributed by atoms with Crippen LogP contribution in [0.5, 0.6) is 0 Å². The minimum atomic E-state index is -1.73. The predicted molar refractivity (Wildman–Crippen MR) is 116 cm³/mol. The van der Waals surface area contributed by atoms with E-state index in [9.17, 15) is 0 Å². The van der Waals surface area contributed by atoms with Gasteiger partial charge in [0.15, 0.2) is 8.07 Å². The van der Waals surface area contributed by atoms with Crippen LogP contribution in [0.1, 0.15) is 75.2 Å². The van der Waals surface area contributed by atoms with Crippen molar-refractivity contribution in [2.24, 2.45) is 0 Å². The summed E-state index contributed by atoms with van der Waals surface area (Å²) >= 11 is 3.83. The van der Waals surface area contributed by atoms with Gasteiger partial charge in [-0.05, 0) is 25.9 Å². The van der Waals surface area contributed by atoms with Crippen molar-refractivity contribution in [2.75, 3.05) is 0 Å². The highest BCUT2D eigenvalue weighted by Gasteiger charge is 2.50. The van der Waals surface area contributed by atoms with Crippen molar-refractivity contribution in [1.29, 1.82) is 0 Å². The number of aryl methyl sites for hydroxylation is 2. The molecule has 0 radical (unpaired) electrons. The van der Waals surface area contributed by atoms with E-state index in [0.29, 0.717) is 0 Å². The second-order valence-corrected chi connectivity index (χ2v) is 14.0. The second kappa shape index (κ2) is 8.44. The van der Waals surface area contributed by atoms with Crippen molar-refractivity contribution in [2.45, 2.75) is 91.1 Å². The summed E-state index contributed by atoms with van der Waals surface area (Å²) in [5, 5.41) is 5.52. The van der Waals surface area contributed by atoms with E-state index in [2.05, 4.69) is 27.7 Å². The molecule has 5 heteroatoms. The molecule has 3 rings (SSSR count). The molecule has 0 atom stereocenters. The highest BCUT2D eigenvalue weighted by molar-refractivity contribution is 7.28. The maximum absolute atomic E-state index is 5.11. The fraction of sp³-hybridized carbons (Fsp3) is 0.700. The summed E-state index contributed by atoms with van der Waals surface area (Å²) in [6, 6.07) is 2.73. The van der Waals surface area contributed by atoms with Crippen molar-refractivity contribution in [3.63, 3.8) is 0 Å². The molecule has 25 heavy (non-hydrogen) atoms. The van der Waals surface area contributed by atoms with Gasteiger partial charge in [0, 0.05) is 0 Å². The van der Waals surface area contributed by atoms with Crippen molar-refractivity contribution in [3.8, 4) is 9.75 Å². The third-order valence-electron chi connectivity index (χ3n) is 5.50. The molecule has 0 saturated carbocycles. The first-order valence-corrected chi connectivity index (χ1v) is 14.1. The van der Waals surface area contributed by atoms with Gasteiger partial charge >= 0.3 is 0 Å². The molecular formula is C20H32N2S2Si. The molecule has 0 aromatic carbocycles. The Labute approximate surface area is 162 Å². The number of nitrogens with zero attached hydrogens (tertiary/aromatic N) is 2. The second-order valence-electron chi connectivity index (χ2n) is 7.52. The highest BCUT2D eigenvalue weighted by Crippen LogP contribution is 2.40. The number of thiazole rings is 2. The zero-order chi connectivity index (χ0) is 17.9. The fourth-order valence-electron chi connectivity index (χ4n) is 4.23. The quantitative estimate of drug-likeness (QED) is 0.370. The molecule has 0 fully saturated rings. The summed E-state index contributed by atoms with van der Waals surface area (Å²) in [7, 11) is -1.73. The van der Waals surface area contributed by atoms with E-state index >= 15 is 0 Å². The molecule has 0 aliphatic carbocycles. The van der Waals surface area contributed by atoms with Crippen LogP contribution in [0, 0.1) is 13.8 Å². The highest BCUT2D eigenvalue weighted by atomic mass is 32.1. The first-order valence-electron chi connectivity index (χ1n) is 10.1. The average Bonchev–Trinajstić information content (AvgIpc) is 3.21. The number of hydrogen-bond acceptors (Lipinski definition) is 4. The third kappa shape index (κ3) is 3.79. The lowest BCUT2D eigenvalue weighted by molar-refractivity contribution is 0.684. The standard InChI is InChI=1S/C20H32N2S2Si/c1-5-7-9-11-13-25(14-12-10-8-6-2)19-17(23-15(3)21-19)18-20(25)22-16(4)24-18/h5-14H2,1-4H3. The van der Waals surface area contributed by atoms with Gasteiger partial charge in [-0.3, -0.25) is 9.97 Å². The van der Waals surface area contributed by atoms with Crippen LogP contribution in [0.3, 0.4) is 0 Å². The zero-order valence-electron chi connectivity index (χ0n) is 16.3. The van der Waals surface area contributed by atoms with E-state index in [1.165, 1.54) is 93.9 Å². The van der Waals surface area contributed by atoms with Crippen LogP contribution in [0.25, 0.3) is 9.75 Å². The van der Waals surface area contributed by atoms with Crippen LogP contribution in [-0.2, 0) is 0 Å². The van der Waals surface area contributed by atoms with Crippen molar-refractivity contribution in [1.82, 2.24) is 9.97 Å². The van der Waals surface area contributed by atoms with E-state index < -0.39 is 8.07 Å². The van der Waals surface area contributed by atoms with Gasteiger partial charge in [-0.2, -0.15) is 0 Å². The largest absolute Gasteiger partial charge is 0.250 e. The van der Waals surface area contributed by atoms with Gasteiger partial charge in [-0.1, -0.05) is 65.2 Å². The maximum atomic E-state index is 5.11. The Balaban J connectivity index is 1.93. The lowest BCUT2D eigenvalue weighted by Gasteiger charge is -2.26. The molecule has 1 aliphatic rings. The molecule has 2 aromatic heterocycles. The summed E-state index contributed by atoms with van der Waals surface area (Å²) < 4.78 is 0. The Morgan fingerprint density at radius 1 is 0.680 bits per heavy atom. The van der Waals surface area contributed by atoms with Gasteiger partial charge in [-0.25, -0.2) is 0 Å². The van der Waals surface area contributed by atoms with Gasteiger partial charge < -0.3 is 0 Å². The molecule has 3 heterocycles. The minimum absolute atomic E-state index is 1.25. The monoisotopic (exact) mass is 392 g/mol. The lowest BCUT2D eigenvalue weighted by atomic mass is 10.2. The molecule has 2 aromatic rings. The van der Waals surface area contributed by atoms with Crippen molar-refractivity contribution < 1.29 is 0 Å². The van der Waals surface area contributed by atoms with Gasteiger partial charge in [0.05, 0.1) is 30.4 Å². The first-order chi connectivity index (χ1) is 12.1. The summed E-state index contributed by atoms with van der Waals surface area (Å²) in [6.07, 6.45) is 10.8. The van der Waals surface area contributed by atoms with Gasteiger partial charge in [-0.15, -0.1) is 22.7 Å². The molecule has 0 unspecified atom stereocenters. The van der Waals surface area contributed by atoms with Crippen molar-refractivity contribution in [3.05, 3.63) is 10.0 Å². The molecule has 0 N–H and O–H groups in total. The molecule has 0 bridgehead atoms. The Morgan fingerprint density at radius 3 is 1.52 bits per heavy atom. The summed E-state index contributed by atoms with van der Waals surface area (Å²) in [6.45, 7) is 8.97. The Morgan fingerprint density at radius 2 is 1.12 bits per heavy atom. The van der Waals surface area contributed by atoms with E-state index in [-0.39, 0.29) is 0 Å². The lowest BCUT2D eigenvalue weighted by Crippen LogP contribution is -2.56. The number of aromatic nitrogens is 2. The Hall–Kier alpha value is -0.523. The molecule has 138 valence electrons. The van der Waals surface area contributed by atoms with Crippen LogP contribution >= 0.6 is 22.7 Å². The molecule has 1 aliphatic heterocycles. The number of unbranched alkanes of at least 4 members (excludes halogenated alkanes) is 6. The van der Waals surface area contributed by atoms with Gasteiger partial charge in [0.1, 0.15) is 0 Å². The topological polar surface area (TPSA) is 25.8 Å². The number of hydrogen-bond donors (Lipinski definition) is 0. The number of rotatable bonds is 10. The Bertz CT molecular complexity index is 644.